The number of hydrogen-bond donors (Lipinski definition) is 0. The lowest BCUT2D eigenvalue weighted by atomic mass is 9.83. The second-order valence-electron chi connectivity index (χ2n) is 10.0. The first kappa shape index (κ1) is 10.3. The quantitative estimate of drug-likeness (QED) is 0.143. The first-order valence-electron chi connectivity index (χ1n) is 26.4. The highest BCUT2D eigenvalue weighted by molar-refractivity contribution is 6.28. The van der Waals surface area contributed by atoms with Crippen LogP contribution in [0, 0.1) is 0 Å². The van der Waals surface area contributed by atoms with Gasteiger partial charge in [0, 0.05) is 10.8 Å². The van der Waals surface area contributed by atoms with E-state index in [9.17, 15) is 11.0 Å². The van der Waals surface area contributed by atoms with Crippen molar-refractivity contribution in [1.82, 2.24) is 0 Å². The van der Waals surface area contributed by atoms with Crippen LogP contribution < -0.4 is 0 Å². The smallest absolute Gasteiger partial charge is 0.136 e. The number of fused-ring (bicyclic) bond motifs is 9. The molecule has 0 spiro atoms. The lowest BCUT2D eigenvalue weighted by Gasteiger charge is -2.19. The Kier molecular flexibility index (Phi) is 2.13. The average molecular weight is 597 g/mol. The molecule has 0 radical (unpaired) electrons. The summed E-state index contributed by atoms with van der Waals surface area (Å²) in [6, 6.07) is -23.1. The van der Waals surface area contributed by atoms with E-state index in [1.165, 1.54) is 0 Å². The van der Waals surface area contributed by atoms with Crippen LogP contribution in [-0.4, -0.2) is 0 Å². The minimum Gasteiger partial charge on any atom is -0.456 e. The fourth-order valence-electron chi connectivity index (χ4n) is 5.89. The Labute approximate surface area is 296 Å². The zero-order valence-electron chi connectivity index (χ0n) is 48.4. The van der Waals surface area contributed by atoms with E-state index in [-0.39, 0.29) is 0 Å². The molecule has 0 fully saturated rings. The fraction of sp³-hybridized carbons (Fsp3) is 0. The molecule has 1 heterocycles. The topological polar surface area (TPSA) is 13.1 Å². The second-order valence-corrected chi connectivity index (χ2v) is 10.0. The van der Waals surface area contributed by atoms with E-state index in [1.807, 2.05) is 0 Å². The molecule has 0 bridgehead atoms. The zero-order valence-corrected chi connectivity index (χ0v) is 22.4. The van der Waals surface area contributed by atoms with Crippen molar-refractivity contribution in [3.8, 4) is 22.3 Å². The Bertz CT molecular complexity index is 4210. The van der Waals surface area contributed by atoms with Crippen molar-refractivity contribution in [2.45, 2.75) is 0 Å². The number of furan rings is 1. The summed E-state index contributed by atoms with van der Waals surface area (Å²) in [4.78, 5) is 0. The third-order valence-corrected chi connectivity index (χ3v) is 7.70. The molecule has 10 rings (SSSR count). The first-order valence-corrected chi connectivity index (χ1v) is 13.4. The summed E-state index contributed by atoms with van der Waals surface area (Å²) in [6.45, 7) is 0. The van der Waals surface area contributed by atoms with Crippen molar-refractivity contribution in [3.63, 3.8) is 0 Å². The molecule has 1 aromatic heterocycles. The van der Waals surface area contributed by atoms with Gasteiger partial charge in [0.25, 0.3) is 0 Å². The van der Waals surface area contributed by atoms with E-state index in [0.29, 0.717) is 0 Å². The summed E-state index contributed by atoms with van der Waals surface area (Å²) < 4.78 is 241. The average Bonchev–Trinajstić information content (AvgIpc) is 3.75. The monoisotopic (exact) mass is 596 g/mol. The van der Waals surface area contributed by atoms with Crippen LogP contribution in [0.25, 0.3) is 98.1 Å². The molecule has 1 heteroatoms. The standard InChI is InChI=1S/C44H26O/c1-2-13-30-26-40-38(25-29(30)12-1)44-37(21-10-22-39(44)45-40)43-34-18-7-5-16-32(34)42(33-17-6-8-19-35(33)43)36-20-9-14-28-24-23-27-11-3-4-15-31(27)41(28)36/h1-26H/i1D,2D,3D,4D,5D,6D,7D,8D,9D,10D,11D,12D,13D,14D,15D,16D,17D,18D,19D,20D,21D,22D,23D,24D,25D,26D. The summed E-state index contributed by atoms with van der Waals surface area (Å²) in [5.41, 5.74) is -4.00. The Hall–Kier alpha value is -5.92. The van der Waals surface area contributed by atoms with Gasteiger partial charge in [-0.2, -0.15) is 0 Å². The lowest BCUT2D eigenvalue weighted by Crippen LogP contribution is -1.92. The Balaban J connectivity index is 1.62. The molecule has 9 aromatic carbocycles. The maximum atomic E-state index is 9.58. The molecular formula is C44H26O. The van der Waals surface area contributed by atoms with Crippen LogP contribution in [0.4, 0.5) is 0 Å². The Morgan fingerprint density at radius 1 is 0.333 bits per heavy atom. The fourth-order valence-corrected chi connectivity index (χ4v) is 5.89. The molecule has 0 amide bonds. The van der Waals surface area contributed by atoms with Gasteiger partial charge in [-0.15, -0.1) is 0 Å². The highest BCUT2D eigenvalue weighted by Crippen LogP contribution is 2.48. The first-order chi connectivity index (χ1) is 33.2. The molecule has 0 aliphatic heterocycles. The summed E-state index contributed by atoms with van der Waals surface area (Å²) >= 11 is 0. The van der Waals surface area contributed by atoms with Crippen molar-refractivity contribution >= 4 is 75.8 Å². The minimum absolute atomic E-state index is 0.474. The van der Waals surface area contributed by atoms with E-state index in [4.69, 9.17) is 29.1 Å². The summed E-state index contributed by atoms with van der Waals surface area (Å²) in [7, 11) is 0. The largest absolute Gasteiger partial charge is 0.456 e. The molecule has 0 saturated carbocycles. The van der Waals surface area contributed by atoms with Crippen LogP contribution in [0.5, 0.6) is 0 Å². The summed E-state index contributed by atoms with van der Waals surface area (Å²) in [5.74, 6) is 0. The van der Waals surface area contributed by atoms with Crippen LogP contribution >= 0.6 is 0 Å². The van der Waals surface area contributed by atoms with Gasteiger partial charge >= 0.3 is 0 Å². The second kappa shape index (κ2) is 9.29. The third-order valence-electron chi connectivity index (χ3n) is 7.70. The maximum absolute atomic E-state index is 9.58. The van der Waals surface area contributed by atoms with E-state index in [2.05, 4.69) is 0 Å². The molecular weight excluding hydrogens is 544 g/mol. The van der Waals surface area contributed by atoms with Crippen molar-refractivity contribution in [1.29, 1.82) is 0 Å². The van der Waals surface area contributed by atoms with Crippen LogP contribution in [0.3, 0.4) is 0 Å². The van der Waals surface area contributed by atoms with Gasteiger partial charge in [-0.05, 0) is 94.2 Å². The van der Waals surface area contributed by atoms with Crippen molar-refractivity contribution in [2.24, 2.45) is 0 Å². The molecule has 0 N–H and O–H groups in total. The predicted molar refractivity (Wildman–Crippen MR) is 192 cm³/mol. The van der Waals surface area contributed by atoms with Crippen LogP contribution in [0.15, 0.2) is 162 Å². The molecule has 0 unspecified atom stereocenters. The van der Waals surface area contributed by atoms with Gasteiger partial charge in [0.1, 0.15) is 11.2 Å². The highest BCUT2D eigenvalue weighted by Gasteiger charge is 2.21. The van der Waals surface area contributed by atoms with Crippen LogP contribution in [0.2, 0.25) is 0 Å². The minimum atomic E-state index is -0.991. The molecule has 208 valence electrons. The predicted octanol–water partition coefficient (Wildman–Crippen LogP) is 12.7. The van der Waals surface area contributed by atoms with Crippen molar-refractivity contribution in [2.75, 3.05) is 0 Å². The van der Waals surface area contributed by atoms with E-state index >= 15 is 0 Å². The van der Waals surface area contributed by atoms with E-state index in [0.717, 1.165) is 0 Å². The van der Waals surface area contributed by atoms with Gasteiger partial charge in [-0.3, -0.25) is 0 Å². The van der Waals surface area contributed by atoms with Gasteiger partial charge < -0.3 is 4.42 Å². The summed E-state index contributed by atoms with van der Waals surface area (Å²) in [6.07, 6.45) is 0. The van der Waals surface area contributed by atoms with Gasteiger partial charge in [-0.25, -0.2) is 0 Å². The van der Waals surface area contributed by atoms with Gasteiger partial charge in [0.05, 0.1) is 35.6 Å². The van der Waals surface area contributed by atoms with Gasteiger partial charge in [0.15, 0.2) is 0 Å². The lowest BCUT2D eigenvalue weighted by molar-refractivity contribution is 0.669. The highest BCUT2D eigenvalue weighted by atomic mass is 16.3. The van der Waals surface area contributed by atoms with E-state index in [1.54, 1.807) is 0 Å². The van der Waals surface area contributed by atoms with Gasteiger partial charge in [0.2, 0.25) is 0 Å². The number of benzene rings is 9. The summed E-state index contributed by atoms with van der Waals surface area (Å²) in [5, 5.41) is -7.28. The maximum Gasteiger partial charge on any atom is 0.136 e. The van der Waals surface area contributed by atoms with Gasteiger partial charge in [-0.1, -0.05) is 139 Å². The van der Waals surface area contributed by atoms with Crippen LogP contribution in [-0.2, 0) is 0 Å². The van der Waals surface area contributed by atoms with Crippen molar-refractivity contribution in [3.05, 3.63) is 157 Å². The molecule has 1 nitrogen and oxygen atoms in total. The molecule has 0 aliphatic rings. The Morgan fingerprint density at radius 2 is 0.822 bits per heavy atom. The molecule has 0 saturated heterocycles. The number of hydrogen-bond acceptors (Lipinski definition) is 1. The third kappa shape index (κ3) is 3.50. The molecule has 0 atom stereocenters. The number of rotatable bonds is 2. The molecule has 10 aromatic rings. The SMILES string of the molecule is [2H]c1c([2H])c(-c2c3c([2H])c([2H])c([2H])c([2H])c3c(-c3c([2H])c([2H])c([2H])c4c([2H])c([2H])c5c([2H])c([2H])c([2H])c([2H])c5c34)c3c([2H])c([2H])c([2H])c([2H])c23)c2c(oc3c([2H])c4c([2H])c([2H])c([2H])c([2H])c4c([2H])c32)c1[2H]. The van der Waals surface area contributed by atoms with E-state index < -0.39 is 255 Å². The normalized spacial score (nSPS) is 20.1. The molecule has 45 heavy (non-hydrogen) atoms. The Morgan fingerprint density at radius 3 is 1.49 bits per heavy atom. The molecule has 0 aliphatic carbocycles. The zero-order chi connectivity index (χ0) is 52.1. The van der Waals surface area contributed by atoms with Crippen LogP contribution in [0.1, 0.15) is 35.6 Å². The van der Waals surface area contributed by atoms with Crippen molar-refractivity contribution < 1.29 is 40.1 Å².